The molecule has 0 saturated carbocycles. The minimum absolute atomic E-state index is 0.141. The third-order valence-corrected chi connectivity index (χ3v) is 5.27. The summed E-state index contributed by atoms with van der Waals surface area (Å²) in [6.07, 6.45) is 1.08. The third kappa shape index (κ3) is 4.06. The summed E-state index contributed by atoms with van der Waals surface area (Å²) in [5.74, 6) is 0.894. The number of hydrogen-bond donors (Lipinski definition) is 1. The van der Waals surface area contributed by atoms with Gasteiger partial charge in [-0.15, -0.1) is 0 Å². The van der Waals surface area contributed by atoms with E-state index in [0.29, 0.717) is 23.1 Å². The summed E-state index contributed by atoms with van der Waals surface area (Å²) in [5, 5.41) is 2.94. The van der Waals surface area contributed by atoms with Gasteiger partial charge in [0.2, 0.25) is 5.89 Å². The maximum atomic E-state index is 12.5. The van der Waals surface area contributed by atoms with E-state index in [1.807, 2.05) is 61.5 Å². The Kier molecular flexibility index (Phi) is 5.17. The van der Waals surface area contributed by atoms with Crippen LogP contribution >= 0.6 is 0 Å². The van der Waals surface area contributed by atoms with Gasteiger partial charge in [0, 0.05) is 16.8 Å². The second-order valence-electron chi connectivity index (χ2n) is 7.46. The number of aromatic nitrogens is 1. The molecule has 29 heavy (non-hydrogen) atoms. The van der Waals surface area contributed by atoms with Gasteiger partial charge in [0.15, 0.2) is 5.58 Å². The average Bonchev–Trinajstić information content (AvgIpc) is 3.17. The molecule has 0 unspecified atom stereocenters. The highest BCUT2D eigenvalue weighted by Gasteiger charge is 2.12. The molecule has 146 valence electrons. The van der Waals surface area contributed by atoms with Crippen LogP contribution in [0.1, 0.15) is 47.7 Å². The number of benzene rings is 3. The van der Waals surface area contributed by atoms with Crippen molar-refractivity contribution in [2.45, 2.75) is 33.1 Å². The number of carbonyl (C=O) groups excluding carboxylic acids is 1. The molecule has 0 bridgehead atoms. The molecule has 0 spiro atoms. The monoisotopic (exact) mass is 384 g/mol. The standard InChI is InChI=1S/C25H24N2O2/c1-4-17(3)19-12-13-23-22(15-19)27-25(29-23)20-6-5-7-21(14-20)26-24(28)18-10-8-16(2)9-11-18/h5-15,17H,4H2,1-3H3,(H,26,28)/t17-/m0/s1. The van der Waals surface area contributed by atoms with E-state index in [4.69, 9.17) is 4.42 Å². The van der Waals surface area contributed by atoms with Gasteiger partial charge in [-0.25, -0.2) is 4.98 Å². The van der Waals surface area contributed by atoms with Gasteiger partial charge in [-0.1, -0.05) is 43.7 Å². The number of nitrogens with one attached hydrogen (secondary N) is 1. The number of anilines is 1. The Morgan fingerprint density at radius 1 is 1.07 bits per heavy atom. The Hall–Kier alpha value is -3.40. The van der Waals surface area contributed by atoms with Crippen LogP contribution in [0.3, 0.4) is 0 Å². The Labute approximate surface area is 170 Å². The van der Waals surface area contributed by atoms with Gasteiger partial charge < -0.3 is 9.73 Å². The van der Waals surface area contributed by atoms with Gasteiger partial charge in [-0.05, 0) is 67.3 Å². The molecular formula is C25H24N2O2. The second kappa shape index (κ2) is 7.92. The lowest BCUT2D eigenvalue weighted by atomic mass is 9.98. The fourth-order valence-corrected chi connectivity index (χ4v) is 3.25. The van der Waals surface area contributed by atoms with E-state index in [1.54, 1.807) is 0 Å². The molecule has 1 amide bonds. The van der Waals surface area contributed by atoms with Crippen molar-refractivity contribution in [1.82, 2.24) is 4.98 Å². The molecular weight excluding hydrogens is 360 g/mol. The lowest BCUT2D eigenvalue weighted by Crippen LogP contribution is -2.11. The van der Waals surface area contributed by atoms with Crippen molar-refractivity contribution in [2.24, 2.45) is 0 Å². The number of rotatable bonds is 5. The molecule has 1 aromatic heterocycles. The van der Waals surface area contributed by atoms with Crippen LogP contribution in [-0.4, -0.2) is 10.9 Å². The summed E-state index contributed by atoms with van der Waals surface area (Å²) in [6.45, 7) is 6.39. The summed E-state index contributed by atoms with van der Waals surface area (Å²) in [4.78, 5) is 17.2. The highest BCUT2D eigenvalue weighted by atomic mass is 16.3. The van der Waals surface area contributed by atoms with Gasteiger partial charge >= 0.3 is 0 Å². The molecule has 0 radical (unpaired) electrons. The zero-order valence-corrected chi connectivity index (χ0v) is 16.9. The van der Waals surface area contributed by atoms with Crippen molar-refractivity contribution in [3.8, 4) is 11.5 Å². The van der Waals surface area contributed by atoms with Gasteiger partial charge in [-0.3, -0.25) is 4.79 Å². The Morgan fingerprint density at radius 3 is 2.62 bits per heavy atom. The smallest absolute Gasteiger partial charge is 0.255 e. The van der Waals surface area contributed by atoms with Gasteiger partial charge in [-0.2, -0.15) is 0 Å². The number of nitrogens with zero attached hydrogens (tertiary/aromatic N) is 1. The van der Waals surface area contributed by atoms with E-state index in [9.17, 15) is 4.79 Å². The lowest BCUT2D eigenvalue weighted by molar-refractivity contribution is 0.102. The number of oxazole rings is 1. The van der Waals surface area contributed by atoms with E-state index in [1.165, 1.54) is 5.56 Å². The van der Waals surface area contributed by atoms with Crippen LogP contribution in [0.5, 0.6) is 0 Å². The maximum Gasteiger partial charge on any atom is 0.255 e. The van der Waals surface area contributed by atoms with Crippen LogP contribution in [0, 0.1) is 6.92 Å². The largest absolute Gasteiger partial charge is 0.436 e. The zero-order valence-electron chi connectivity index (χ0n) is 16.9. The molecule has 4 aromatic rings. The van der Waals surface area contributed by atoms with Gasteiger partial charge in [0.25, 0.3) is 5.91 Å². The average molecular weight is 384 g/mol. The number of carbonyl (C=O) groups is 1. The number of aryl methyl sites for hydroxylation is 1. The van der Waals surface area contributed by atoms with Crippen molar-refractivity contribution in [1.29, 1.82) is 0 Å². The predicted octanol–water partition coefficient (Wildman–Crippen LogP) is 6.57. The maximum absolute atomic E-state index is 12.5. The van der Waals surface area contributed by atoms with Crippen LogP contribution in [0.15, 0.2) is 71.1 Å². The topological polar surface area (TPSA) is 55.1 Å². The molecule has 0 saturated heterocycles. The minimum Gasteiger partial charge on any atom is -0.436 e. The Morgan fingerprint density at radius 2 is 1.86 bits per heavy atom. The molecule has 1 N–H and O–H groups in total. The van der Waals surface area contributed by atoms with E-state index in [-0.39, 0.29) is 5.91 Å². The first-order valence-electron chi connectivity index (χ1n) is 9.92. The molecule has 4 nitrogen and oxygen atoms in total. The van der Waals surface area contributed by atoms with Crippen LogP contribution in [-0.2, 0) is 0 Å². The van der Waals surface area contributed by atoms with Gasteiger partial charge in [0.1, 0.15) is 5.52 Å². The normalized spacial score (nSPS) is 12.1. The molecule has 1 atom stereocenters. The van der Waals surface area contributed by atoms with E-state index in [0.717, 1.165) is 28.6 Å². The van der Waals surface area contributed by atoms with Crippen molar-refractivity contribution >= 4 is 22.7 Å². The summed E-state index contributed by atoms with van der Waals surface area (Å²) in [6, 6.07) is 21.2. The highest BCUT2D eigenvalue weighted by molar-refractivity contribution is 6.04. The third-order valence-electron chi connectivity index (χ3n) is 5.27. The molecule has 3 aromatic carbocycles. The SMILES string of the molecule is CC[C@H](C)c1ccc2oc(-c3cccc(NC(=O)c4ccc(C)cc4)c3)nc2c1. The first kappa shape index (κ1) is 18.9. The molecule has 0 aliphatic carbocycles. The first-order chi connectivity index (χ1) is 14.0. The molecule has 4 heteroatoms. The number of amides is 1. The lowest BCUT2D eigenvalue weighted by Gasteiger charge is -2.07. The Balaban J connectivity index is 1.59. The fraction of sp³-hybridized carbons (Fsp3) is 0.200. The molecule has 0 aliphatic rings. The summed E-state index contributed by atoms with van der Waals surface area (Å²) in [7, 11) is 0. The minimum atomic E-state index is -0.141. The van der Waals surface area contributed by atoms with E-state index < -0.39 is 0 Å². The van der Waals surface area contributed by atoms with E-state index in [2.05, 4.69) is 36.3 Å². The van der Waals surface area contributed by atoms with Crippen LogP contribution in [0.4, 0.5) is 5.69 Å². The van der Waals surface area contributed by atoms with Crippen molar-refractivity contribution in [3.63, 3.8) is 0 Å². The van der Waals surface area contributed by atoms with Crippen molar-refractivity contribution in [3.05, 3.63) is 83.4 Å². The second-order valence-corrected chi connectivity index (χ2v) is 7.46. The van der Waals surface area contributed by atoms with Gasteiger partial charge in [0.05, 0.1) is 0 Å². The summed E-state index contributed by atoms with van der Waals surface area (Å²) in [5.41, 5.74) is 6.16. The quantitative estimate of drug-likeness (QED) is 0.423. The summed E-state index contributed by atoms with van der Waals surface area (Å²) < 4.78 is 5.96. The molecule has 4 rings (SSSR count). The van der Waals surface area contributed by atoms with Crippen LogP contribution in [0.2, 0.25) is 0 Å². The predicted molar refractivity (Wildman–Crippen MR) is 117 cm³/mol. The highest BCUT2D eigenvalue weighted by Crippen LogP contribution is 2.29. The van der Waals surface area contributed by atoms with Crippen LogP contribution in [0.25, 0.3) is 22.6 Å². The fourth-order valence-electron chi connectivity index (χ4n) is 3.25. The number of hydrogen-bond acceptors (Lipinski definition) is 3. The number of fused-ring (bicyclic) bond motifs is 1. The molecule has 0 aliphatic heterocycles. The van der Waals surface area contributed by atoms with Crippen molar-refractivity contribution in [2.75, 3.05) is 5.32 Å². The summed E-state index contributed by atoms with van der Waals surface area (Å²) >= 11 is 0. The van der Waals surface area contributed by atoms with Crippen molar-refractivity contribution < 1.29 is 9.21 Å². The Bertz CT molecular complexity index is 1160. The zero-order chi connectivity index (χ0) is 20.4. The molecule has 1 heterocycles. The van der Waals surface area contributed by atoms with Crippen LogP contribution < -0.4 is 5.32 Å². The van der Waals surface area contributed by atoms with E-state index >= 15 is 0 Å². The first-order valence-corrected chi connectivity index (χ1v) is 9.92. The molecule has 0 fully saturated rings.